The van der Waals surface area contributed by atoms with E-state index in [1.807, 2.05) is 0 Å². The van der Waals surface area contributed by atoms with E-state index in [9.17, 15) is 9.59 Å². The molecule has 1 fully saturated rings. The van der Waals surface area contributed by atoms with Crippen LogP contribution in [0.2, 0.25) is 0 Å². The fraction of sp³-hybridized carbons (Fsp3) is 0.333. The van der Waals surface area contributed by atoms with Crippen molar-refractivity contribution >= 4 is 11.8 Å². The molecule has 3 N–H and O–H groups in total. The first-order chi connectivity index (χ1) is 8.16. The zero-order chi connectivity index (χ0) is 12.3. The molecule has 1 aromatic carbocycles. The third-order valence-electron chi connectivity index (χ3n) is 2.41. The van der Waals surface area contributed by atoms with Crippen LogP contribution in [-0.4, -0.2) is 24.5 Å². The summed E-state index contributed by atoms with van der Waals surface area (Å²) in [6.45, 7) is -0.228. The van der Waals surface area contributed by atoms with E-state index in [0.717, 1.165) is 12.8 Å². The summed E-state index contributed by atoms with van der Waals surface area (Å²) in [6, 6.07) is 7.08. The number of primary amides is 1. The molecular formula is C12H14N2O3. The number of carbonyl (C=O) groups is 2. The molecule has 2 rings (SSSR count). The summed E-state index contributed by atoms with van der Waals surface area (Å²) in [6.07, 6.45) is 2.05. The van der Waals surface area contributed by atoms with Crippen molar-refractivity contribution in [2.75, 3.05) is 6.61 Å². The number of amides is 2. The van der Waals surface area contributed by atoms with Crippen LogP contribution in [0.3, 0.4) is 0 Å². The van der Waals surface area contributed by atoms with Crippen LogP contribution in [0.25, 0.3) is 0 Å². The Bertz CT molecular complexity index is 441. The minimum absolute atomic E-state index is 0.174. The van der Waals surface area contributed by atoms with E-state index in [2.05, 4.69) is 5.32 Å². The van der Waals surface area contributed by atoms with Crippen molar-refractivity contribution in [2.24, 2.45) is 5.73 Å². The number of para-hydroxylation sites is 1. The van der Waals surface area contributed by atoms with Crippen LogP contribution in [0, 0.1) is 0 Å². The normalized spacial score (nSPS) is 14.1. The van der Waals surface area contributed by atoms with Crippen molar-refractivity contribution in [3.05, 3.63) is 29.8 Å². The molecule has 0 spiro atoms. The lowest BCUT2D eigenvalue weighted by atomic mass is 10.2. The summed E-state index contributed by atoms with van der Waals surface area (Å²) in [7, 11) is 0. The zero-order valence-corrected chi connectivity index (χ0v) is 9.31. The van der Waals surface area contributed by atoms with Crippen LogP contribution in [0.15, 0.2) is 24.3 Å². The second-order valence-electron chi connectivity index (χ2n) is 4.00. The van der Waals surface area contributed by atoms with Gasteiger partial charge >= 0.3 is 0 Å². The molecule has 0 atom stereocenters. The quantitative estimate of drug-likeness (QED) is 0.775. The SMILES string of the molecule is NC(=O)COc1ccccc1C(=O)NC1CC1. The molecule has 1 aliphatic rings. The maximum absolute atomic E-state index is 11.9. The molecule has 0 unspecified atom stereocenters. The number of hydrogen-bond acceptors (Lipinski definition) is 3. The highest BCUT2D eigenvalue weighted by molar-refractivity contribution is 5.97. The highest BCUT2D eigenvalue weighted by Crippen LogP contribution is 2.22. The van der Waals surface area contributed by atoms with Crippen LogP contribution in [0.1, 0.15) is 23.2 Å². The van der Waals surface area contributed by atoms with Crippen molar-refractivity contribution in [1.82, 2.24) is 5.32 Å². The molecule has 1 saturated carbocycles. The van der Waals surface area contributed by atoms with E-state index in [4.69, 9.17) is 10.5 Å². The van der Waals surface area contributed by atoms with Gasteiger partial charge in [-0.3, -0.25) is 9.59 Å². The lowest BCUT2D eigenvalue weighted by Crippen LogP contribution is -2.27. The first kappa shape index (κ1) is 11.4. The van der Waals surface area contributed by atoms with Crippen LogP contribution < -0.4 is 15.8 Å². The first-order valence-corrected chi connectivity index (χ1v) is 5.48. The van der Waals surface area contributed by atoms with Crippen molar-refractivity contribution in [2.45, 2.75) is 18.9 Å². The van der Waals surface area contributed by atoms with Crippen molar-refractivity contribution in [3.8, 4) is 5.75 Å². The summed E-state index contributed by atoms with van der Waals surface area (Å²) < 4.78 is 5.19. The van der Waals surface area contributed by atoms with Gasteiger partial charge in [-0.05, 0) is 25.0 Å². The van der Waals surface area contributed by atoms with Crippen LogP contribution in [-0.2, 0) is 4.79 Å². The molecule has 0 aliphatic heterocycles. The topological polar surface area (TPSA) is 81.4 Å². The van der Waals surface area contributed by atoms with Crippen LogP contribution >= 0.6 is 0 Å². The van der Waals surface area contributed by atoms with Gasteiger partial charge in [0.2, 0.25) is 0 Å². The molecule has 2 amide bonds. The average Bonchev–Trinajstić information content (AvgIpc) is 3.10. The number of nitrogens with two attached hydrogens (primary N) is 1. The van der Waals surface area contributed by atoms with Crippen molar-refractivity contribution in [1.29, 1.82) is 0 Å². The van der Waals surface area contributed by atoms with Crippen LogP contribution in [0.4, 0.5) is 0 Å². The minimum atomic E-state index is -0.567. The highest BCUT2D eigenvalue weighted by Gasteiger charge is 2.25. The second-order valence-corrected chi connectivity index (χ2v) is 4.00. The van der Waals surface area contributed by atoms with Gasteiger partial charge in [0.15, 0.2) is 6.61 Å². The third kappa shape index (κ3) is 3.21. The molecule has 5 nitrogen and oxygen atoms in total. The highest BCUT2D eigenvalue weighted by atomic mass is 16.5. The molecule has 0 radical (unpaired) electrons. The molecule has 0 saturated heterocycles. The molecule has 5 heteroatoms. The molecule has 90 valence electrons. The number of nitrogens with one attached hydrogen (secondary N) is 1. The van der Waals surface area contributed by atoms with Crippen molar-refractivity contribution < 1.29 is 14.3 Å². The van der Waals surface area contributed by atoms with E-state index in [-0.39, 0.29) is 18.6 Å². The number of hydrogen-bond donors (Lipinski definition) is 2. The Labute approximate surface area is 98.9 Å². The molecule has 1 aliphatic carbocycles. The van der Waals surface area contributed by atoms with Gasteiger partial charge in [0, 0.05) is 6.04 Å². The van der Waals surface area contributed by atoms with E-state index in [1.165, 1.54) is 0 Å². The summed E-state index contributed by atoms with van der Waals surface area (Å²) >= 11 is 0. The van der Waals surface area contributed by atoms with E-state index >= 15 is 0 Å². The maximum atomic E-state index is 11.9. The summed E-state index contributed by atoms with van der Waals surface area (Å²) in [5.41, 5.74) is 5.42. The molecule has 0 aromatic heterocycles. The van der Waals surface area contributed by atoms with Gasteiger partial charge in [0.25, 0.3) is 11.8 Å². The van der Waals surface area contributed by atoms with Gasteiger partial charge < -0.3 is 15.8 Å². The van der Waals surface area contributed by atoms with Gasteiger partial charge in [-0.2, -0.15) is 0 Å². The van der Waals surface area contributed by atoms with Gasteiger partial charge in [-0.25, -0.2) is 0 Å². The fourth-order valence-electron chi connectivity index (χ4n) is 1.42. The largest absolute Gasteiger partial charge is 0.483 e. The lowest BCUT2D eigenvalue weighted by Gasteiger charge is -2.09. The standard InChI is InChI=1S/C12H14N2O3/c13-11(15)7-17-10-4-2-1-3-9(10)12(16)14-8-5-6-8/h1-4,8H,5-7H2,(H2,13,15)(H,14,16). The Morgan fingerprint density at radius 1 is 1.35 bits per heavy atom. The summed E-state index contributed by atoms with van der Waals surface area (Å²) in [5, 5.41) is 2.86. The van der Waals surface area contributed by atoms with Gasteiger partial charge in [0.1, 0.15) is 5.75 Å². The van der Waals surface area contributed by atoms with Gasteiger partial charge in [0.05, 0.1) is 5.56 Å². The predicted octanol–water partition coefficient (Wildman–Crippen LogP) is 0.443. The molecule has 0 bridgehead atoms. The Kier molecular flexibility index (Phi) is 3.27. The number of ether oxygens (including phenoxy) is 1. The Morgan fingerprint density at radius 3 is 2.71 bits per heavy atom. The Morgan fingerprint density at radius 2 is 2.06 bits per heavy atom. The third-order valence-corrected chi connectivity index (χ3v) is 2.41. The Hall–Kier alpha value is -2.04. The van der Waals surface area contributed by atoms with Crippen LogP contribution in [0.5, 0.6) is 5.75 Å². The molecule has 17 heavy (non-hydrogen) atoms. The summed E-state index contributed by atoms with van der Waals surface area (Å²) in [4.78, 5) is 22.5. The summed E-state index contributed by atoms with van der Waals surface area (Å²) in [5.74, 6) is -0.362. The number of rotatable bonds is 5. The molecule has 0 heterocycles. The zero-order valence-electron chi connectivity index (χ0n) is 9.31. The van der Waals surface area contributed by atoms with Crippen molar-refractivity contribution in [3.63, 3.8) is 0 Å². The molecular weight excluding hydrogens is 220 g/mol. The van der Waals surface area contributed by atoms with Gasteiger partial charge in [-0.15, -0.1) is 0 Å². The van der Waals surface area contributed by atoms with E-state index < -0.39 is 5.91 Å². The number of carbonyl (C=O) groups excluding carboxylic acids is 2. The smallest absolute Gasteiger partial charge is 0.255 e. The predicted molar refractivity (Wildman–Crippen MR) is 61.6 cm³/mol. The van der Waals surface area contributed by atoms with Gasteiger partial charge in [-0.1, -0.05) is 12.1 Å². The maximum Gasteiger partial charge on any atom is 0.255 e. The van der Waals surface area contributed by atoms with E-state index in [0.29, 0.717) is 11.3 Å². The monoisotopic (exact) mass is 234 g/mol. The Balaban J connectivity index is 2.08. The number of benzene rings is 1. The first-order valence-electron chi connectivity index (χ1n) is 5.48. The lowest BCUT2D eigenvalue weighted by molar-refractivity contribution is -0.119. The van der Waals surface area contributed by atoms with E-state index in [1.54, 1.807) is 24.3 Å². The average molecular weight is 234 g/mol. The minimum Gasteiger partial charge on any atom is -0.483 e. The molecule has 1 aromatic rings. The fourth-order valence-corrected chi connectivity index (χ4v) is 1.42. The second kappa shape index (κ2) is 4.86.